The molecule has 0 bridgehead atoms. The Morgan fingerprint density at radius 2 is 1.68 bits per heavy atom. The number of carbonyl (C=O) groups is 1. The van der Waals surface area contributed by atoms with Crippen LogP contribution < -0.4 is 5.32 Å². The fourth-order valence-electron chi connectivity index (χ4n) is 6.06. The van der Waals surface area contributed by atoms with Gasteiger partial charge in [0.05, 0.1) is 6.10 Å². The summed E-state index contributed by atoms with van der Waals surface area (Å²) in [5.74, 6) is 0.437. The summed E-state index contributed by atoms with van der Waals surface area (Å²) in [6.45, 7) is 4.91. The fraction of sp³-hybridized carbons (Fsp3) is 0.731. The lowest BCUT2D eigenvalue weighted by Gasteiger charge is -2.39. The van der Waals surface area contributed by atoms with Crippen molar-refractivity contribution in [2.45, 2.75) is 75.3 Å². The Morgan fingerprint density at radius 1 is 1.00 bits per heavy atom. The summed E-state index contributed by atoms with van der Waals surface area (Å²) in [4.78, 5) is 17.8. The first-order chi connectivity index (χ1) is 15.1. The molecular formula is C26H41N3O2. The summed E-state index contributed by atoms with van der Waals surface area (Å²) in [6.07, 6.45) is 9.13. The van der Waals surface area contributed by atoms with Crippen molar-refractivity contribution in [1.82, 2.24) is 15.1 Å². The maximum Gasteiger partial charge on any atom is 0.223 e. The summed E-state index contributed by atoms with van der Waals surface area (Å²) < 4.78 is 0. The Labute approximate surface area is 188 Å². The second kappa shape index (κ2) is 10.5. The van der Waals surface area contributed by atoms with E-state index in [0.717, 1.165) is 64.7 Å². The molecule has 2 N–H and O–H groups in total. The van der Waals surface area contributed by atoms with Crippen LogP contribution in [0.2, 0.25) is 0 Å². The number of nitrogens with zero attached hydrogens (tertiary/aromatic N) is 2. The Hall–Kier alpha value is -1.43. The lowest BCUT2D eigenvalue weighted by Crippen LogP contribution is -2.52. The molecule has 1 aliphatic heterocycles. The molecule has 5 heteroatoms. The van der Waals surface area contributed by atoms with E-state index in [1.165, 1.54) is 24.8 Å². The molecule has 1 aromatic rings. The number of carbonyl (C=O) groups excluding carboxylic acids is 1. The zero-order valence-electron chi connectivity index (χ0n) is 19.3. The first-order valence-corrected chi connectivity index (χ1v) is 12.5. The largest absolute Gasteiger partial charge is 0.391 e. The highest BCUT2D eigenvalue weighted by atomic mass is 16.3. The Bertz CT molecular complexity index is 698. The van der Waals surface area contributed by atoms with Crippen LogP contribution in [0.15, 0.2) is 30.3 Å². The van der Waals surface area contributed by atoms with Gasteiger partial charge in [0.15, 0.2) is 0 Å². The van der Waals surface area contributed by atoms with Crippen molar-refractivity contribution < 1.29 is 9.90 Å². The van der Waals surface area contributed by atoms with Gasteiger partial charge in [0, 0.05) is 50.1 Å². The van der Waals surface area contributed by atoms with E-state index < -0.39 is 0 Å². The van der Waals surface area contributed by atoms with Crippen molar-refractivity contribution in [3.05, 3.63) is 35.9 Å². The van der Waals surface area contributed by atoms with E-state index in [0.29, 0.717) is 6.54 Å². The third-order valence-electron chi connectivity index (χ3n) is 8.25. The predicted molar refractivity (Wildman–Crippen MR) is 125 cm³/mol. The van der Waals surface area contributed by atoms with Crippen LogP contribution >= 0.6 is 0 Å². The molecule has 31 heavy (non-hydrogen) atoms. The molecule has 0 aromatic heterocycles. The molecule has 0 unspecified atom stereocenters. The standard InChI is InChI=1S/C26H41N3O2/c1-28-16-18-29(19-17-28)23-12-14-26(15-13-24(23)30,22-10-6-3-7-11-22)20-27-25(31)21-8-4-2-5-9-21/h3,6-7,10-11,21,23-24,30H,2,4-5,8-9,12-20H2,1H3,(H,27,31)/t23-,24-,26-/m0/s1. The maximum absolute atomic E-state index is 12.9. The van der Waals surface area contributed by atoms with E-state index in [4.69, 9.17) is 0 Å². The molecule has 4 rings (SSSR count). The number of piperazine rings is 1. The van der Waals surface area contributed by atoms with Gasteiger partial charge in [-0.3, -0.25) is 9.69 Å². The van der Waals surface area contributed by atoms with Crippen LogP contribution in [0.1, 0.15) is 63.4 Å². The van der Waals surface area contributed by atoms with Gasteiger partial charge in [-0.2, -0.15) is 0 Å². The number of aliphatic hydroxyl groups excluding tert-OH is 1. The van der Waals surface area contributed by atoms with Gasteiger partial charge < -0.3 is 15.3 Å². The van der Waals surface area contributed by atoms with Crippen LogP contribution in [0.5, 0.6) is 0 Å². The molecule has 1 heterocycles. The van der Waals surface area contributed by atoms with Crippen LogP contribution in [0, 0.1) is 5.92 Å². The van der Waals surface area contributed by atoms with E-state index in [1.54, 1.807) is 0 Å². The fourth-order valence-corrected chi connectivity index (χ4v) is 6.06. The molecule has 0 spiro atoms. The molecule has 172 valence electrons. The van der Waals surface area contributed by atoms with Crippen molar-refractivity contribution in [2.75, 3.05) is 39.8 Å². The lowest BCUT2D eigenvalue weighted by atomic mass is 9.74. The van der Waals surface area contributed by atoms with Crippen molar-refractivity contribution in [2.24, 2.45) is 5.92 Å². The summed E-state index contributed by atoms with van der Waals surface area (Å²) in [7, 11) is 2.18. The first-order valence-electron chi connectivity index (χ1n) is 12.5. The number of hydrogen-bond acceptors (Lipinski definition) is 4. The van der Waals surface area contributed by atoms with Gasteiger partial charge in [-0.15, -0.1) is 0 Å². The Kier molecular flexibility index (Phi) is 7.68. The smallest absolute Gasteiger partial charge is 0.223 e. The van der Waals surface area contributed by atoms with Gasteiger partial charge in [-0.25, -0.2) is 0 Å². The van der Waals surface area contributed by atoms with Gasteiger partial charge in [0.25, 0.3) is 0 Å². The topological polar surface area (TPSA) is 55.8 Å². The van der Waals surface area contributed by atoms with E-state index in [-0.39, 0.29) is 29.4 Å². The minimum absolute atomic E-state index is 0.0894. The number of rotatable bonds is 5. The zero-order valence-corrected chi connectivity index (χ0v) is 19.3. The highest BCUT2D eigenvalue weighted by Gasteiger charge is 2.40. The number of benzene rings is 1. The predicted octanol–water partition coefficient (Wildman–Crippen LogP) is 3.17. The monoisotopic (exact) mass is 427 g/mol. The van der Waals surface area contributed by atoms with Crippen LogP contribution in [-0.2, 0) is 10.2 Å². The average Bonchev–Trinajstić information content (AvgIpc) is 2.99. The van der Waals surface area contributed by atoms with Crippen molar-refractivity contribution in [1.29, 1.82) is 0 Å². The van der Waals surface area contributed by atoms with E-state index in [2.05, 4.69) is 52.5 Å². The molecule has 5 nitrogen and oxygen atoms in total. The minimum Gasteiger partial charge on any atom is -0.391 e. The van der Waals surface area contributed by atoms with Gasteiger partial charge in [-0.1, -0.05) is 49.6 Å². The average molecular weight is 428 g/mol. The Balaban J connectivity index is 1.48. The number of nitrogens with one attached hydrogen (secondary N) is 1. The van der Waals surface area contributed by atoms with Crippen molar-refractivity contribution in [3.8, 4) is 0 Å². The summed E-state index contributed by atoms with van der Waals surface area (Å²) in [5, 5.41) is 14.4. The van der Waals surface area contributed by atoms with E-state index >= 15 is 0 Å². The van der Waals surface area contributed by atoms with Gasteiger partial charge in [-0.05, 0) is 51.1 Å². The summed E-state index contributed by atoms with van der Waals surface area (Å²) in [5.41, 5.74) is 1.22. The molecule has 1 aromatic carbocycles. The summed E-state index contributed by atoms with van der Waals surface area (Å²) in [6, 6.07) is 11.0. The second-order valence-electron chi connectivity index (χ2n) is 10.3. The van der Waals surface area contributed by atoms with Crippen molar-refractivity contribution >= 4 is 5.91 Å². The quantitative estimate of drug-likeness (QED) is 0.709. The highest BCUT2D eigenvalue weighted by Crippen LogP contribution is 2.39. The van der Waals surface area contributed by atoms with Crippen LogP contribution in [0.25, 0.3) is 0 Å². The summed E-state index contributed by atoms with van der Waals surface area (Å²) >= 11 is 0. The first kappa shape index (κ1) is 22.8. The number of amides is 1. The van der Waals surface area contributed by atoms with Crippen LogP contribution in [0.4, 0.5) is 0 Å². The molecule has 0 radical (unpaired) electrons. The number of likely N-dealkylation sites (N-methyl/N-ethyl adjacent to an activating group) is 1. The minimum atomic E-state index is -0.289. The lowest BCUT2D eigenvalue weighted by molar-refractivity contribution is -0.126. The molecule has 1 amide bonds. The highest BCUT2D eigenvalue weighted by molar-refractivity contribution is 5.78. The normalized spacial score (nSPS) is 31.8. The third-order valence-corrected chi connectivity index (χ3v) is 8.25. The van der Waals surface area contributed by atoms with Crippen LogP contribution in [-0.4, -0.2) is 72.7 Å². The van der Waals surface area contributed by atoms with E-state index in [9.17, 15) is 9.90 Å². The SMILES string of the molecule is CN1CCN([C@H]2CC[C@](CNC(=O)C3CCCCC3)(c3ccccc3)CC[C@@H]2O)CC1. The molecular weight excluding hydrogens is 386 g/mol. The van der Waals surface area contributed by atoms with Crippen LogP contribution in [0.3, 0.4) is 0 Å². The molecule has 3 aliphatic rings. The van der Waals surface area contributed by atoms with Gasteiger partial charge in [0.2, 0.25) is 5.91 Å². The second-order valence-corrected chi connectivity index (χ2v) is 10.3. The molecule has 1 saturated heterocycles. The molecule has 2 saturated carbocycles. The molecule has 3 fully saturated rings. The van der Waals surface area contributed by atoms with E-state index in [1.807, 2.05) is 0 Å². The van der Waals surface area contributed by atoms with Gasteiger partial charge in [0.1, 0.15) is 0 Å². The molecule has 3 atom stereocenters. The van der Waals surface area contributed by atoms with Crippen molar-refractivity contribution in [3.63, 3.8) is 0 Å². The Morgan fingerprint density at radius 3 is 2.39 bits per heavy atom. The zero-order chi connectivity index (χ0) is 21.7. The maximum atomic E-state index is 12.9. The number of hydrogen-bond donors (Lipinski definition) is 2. The van der Waals surface area contributed by atoms with Gasteiger partial charge >= 0.3 is 0 Å². The molecule has 2 aliphatic carbocycles. The number of aliphatic hydroxyl groups is 1. The third kappa shape index (κ3) is 5.50.